The zero-order valence-corrected chi connectivity index (χ0v) is 10.4. The number of thiophene rings is 1. The fraction of sp³-hybridized carbons (Fsp3) is 0.556. The molecule has 2 heterocycles. The van der Waals surface area contributed by atoms with Crippen LogP contribution in [-0.4, -0.2) is 39.0 Å². The Hall–Kier alpha value is -0.470. The Morgan fingerprint density at radius 3 is 2.81 bits per heavy atom. The Balaban J connectivity index is 1.91. The van der Waals surface area contributed by atoms with Crippen LogP contribution in [0.1, 0.15) is 4.88 Å². The number of nitrogens with one attached hydrogen (secondary N) is 1. The minimum absolute atomic E-state index is 0.358. The highest BCUT2D eigenvalue weighted by Crippen LogP contribution is 2.09. The predicted molar refractivity (Wildman–Crippen MR) is 62.5 cm³/mol. The molecule has 1 aliphatic heterocycles. The van der Waals surface area contributed by atoms with Crippen molar-refractivity contribution in [2.24, 2.45) is 0 Å². The van der Waals surface area contributed by atoms with Crippen molar-refractivity contribution < 1.29 is 13.2 Å². The molecule has 0 aliphatic carbocycles. The normalized spacial score (nSPS) is 18.8. The molecular weight excluding hydrogens is 248 g/mol. The molecule has 1 aromatic heterocycles. The van der Waals surface area contributed by atoms with Crippen molar-refractivity contribution in [2.75, 3.05) is 26.3 Å². The summed E-state index contributed by atoms with van der Waals surface area (Å²) in [7, 11) is -3.35. The van der Waals surface area contributed by atoms with E-state index in [0.717, 1.165) is 4.88 Å². The average molecular weight is 262 g/mol. The molecule has 16 heavy (non-hydrogen) atoms. The van der Waals surface area contributed by atoms with Crippen LogP contribution in [0.2, 0.25) is 0 Å². The maximum Gasteiger partial charge on any atom is 0.279 e. The van der Waals surface area contributed by atoms with Gasteiger partial charge in [-0.2, -0.15) is 17.4 Å². The molecule has 0 saturated carbocycles. The summed E-state index contributed by atoms with van der Waals surface area (Å²) in [5, 5.41) is 1.93. The van der Waals surface area contributed by atoms with E-state index in [2.05, 4.69) is 4.72 Å². The van der Waals surface area contributed by atoms with E-state index in [0.29, 0.717) is 32.8 Å². The van der Waals surface area contributed by atoms with Gasteiger partial charge in [-0.1, -0.05) is 6.07 Å². The highest BCUT2D eigenvalue weighted by molar-refractivity contribution is 7.87. The Morgan fingerprint density at radius 1 is 1.44 bits per heavy atom. The van der Waals surface area contributed by atoms with Crippen LogP contribution < -0.4 is 4.72 Å². The first-order valence-corrected chi connectivity index (χ1v) is 7.35. The fourth-order valence-corrected chi connectivity index (χ4v) is 3.34. The lowest BCUT2D eigenvalue weighted by Gasteiger charge is -2.25. The minimum atomic E-state index is -3.35. The van der Waals surface area contributed by atoms with Crippen molar-refractivity contribution >= 4 is 21.5 Å². The summed E-state index contributed by atoms with van der Waals surface area (Å²) in [6, 6.07) is 3.82. The lowest BCUT2D eigenvalue weighted by atomic mass is 10.5. The summed E-state index contributed by atoms with van der Waals surface area (Å²) in [6.07, 6.45) is 0. The van der Waals surface area contributed by atoms with Crippen molar-refractivity contribution in [3.63, 3.8) is 0 Å². The van der Waals surface area contributed by atoms with Crippen LogP contribution in [-0.2, 0) is 21.5 Å². The molecule has 1 fully saturated rings. The predicted octanol–water partition coefficient (Wildman–Crippen LogP) is 0.415. The second-order valence-corrected chi connectivity index (χ2v) is 6.20. The second kappa shape index (κ2) is 5.24. The first-order chi connectivity index (χ1) is 7.68. The summed E-state index contributed by atoms with van der Waals surface area (Å²) in [5.41, 5.74) is 0. The summed E-state index contributed by atoms with van der Waals surface area (Å²) >= 11 is 1.54. The van der Waals surface area contributed by atoms with Gasteiger partial charge < -0.3 is 4.74 Å². The standard InChI is InChI=1S/C9H14N2O3S2/c12-16(13,11-3-5-14-6-4-11)10-8-9-2-1-7-15-9/h1-2,7,10H,3-6,8H2. The minimum Gasteiger partial charge on any atom is -0.379 e. The van der Waals surface area contributed by atoms with Gasteiger partial charge >= 0.3 is 0 Å². The zero-order chi connectivity index (χ0) is 11.4. The van der Waals surface area contributed by atoms with Gasteiger partial charge in [-0.05, 0) is 11.4 Å². The highest BCUT2D eigenvalue weighted by atomic mass is 32.2. The third-order valence-corrected chi connectivity index (χ3v) is 4.75. The number of morpholine rings is 1. The average Bonchev–Trinajstić information content (AvgIpc) is 2.81. The van der Waals surface area contributed by atoms with Gasteiger partial charge in [0.15, 0.2) is 0 Å². The number of hydrogen-bond acceptors (Lipinski definition) is 4. The van der Waals surface area contributed by atoms with Crippen molar-refractivity contribution in [3.8, 4) is 0 Å². The monoisotopic (exact) mass is 262 g/mol. The molecule has 0 amide bonds. The topological polar surface area (TPSA) is 58.6 Å². The van der Waals surface area contributed by atoms with Crippen LogP contribution in [0.4, 0.5) is 0 Å². The molecule has 2 rings (SSSR count). The largest absolute Gasteiger partial charge is 0.379 e. The Bertz CT molecular complexity index is 410. The van der Waals surface area contributed by atoms with Gasteiger partial charge in [0.1, 0.15) is 0 Å². The molecule has 1 aliphatic rings. The van der Waals surface area contributed by atoms with E-state index < -0.39 is 10.2 Å². The van der Waals surface area contributed by atoms with Gasteiger partial charge in [0, 0.05) is 24.5 Å². The van der Waals surface area contributed by atoms with E-state index >= 15 is 0 Å². The van der Waals surface area contributed by atoms with Crippen LogP contribution in [0.5, 0.6) is 0 Å². The van der Waals surface area contributed by atoms with Crippen LogP contribution in [0.3, 0.4) is 0 Å². The van der Waals surface area contributed by atoms with Crippen LogP contribution >= 0.6 is 11.3 Å². The van der Waals surface area contributed by atoms with E-state index in [4.69, 9.17) is 4.74 Å². The Labute approximate surface area is 99.2 Å². The first kappa shape index (κ1) is 12.0. The molecule has 0 spiro atoms. The fourth-order valence-electron chi connectivity index (χ4n) is 1.45. The molecule has 1 aromatic rings. The molecule has 0 unspecified atom stereocenters. The van der Waals surface area contributed by atoms with Crippen LogP contribution in [0.15, 0.2) is 17.5 Å². The van der Waals surface area contributed by atoms with Crippen molar-refractivity contribution in [1.29, 1.82) is 0 Å². The Kier molecular flexibility index (Phi) is 3.93. The molecule has 0 radical (unpaired) electrons. The molecule has 0 aromatic carbocycles. The van der Waals surface area contributed by atoms with Gasteiger partial charge in [-0.25, -0.2) is 0 Å². The van der Waals surface area contributed by atoms with Crippen LogP contribution in [0.25, 0.3) is 0 Å². The number of rotatable bonds is 4. The maximum absolute atomic E-state index is 11.8. The zero-order valence-electron chi connectivity index (χ0n) is 8.76. The smallest absolute Gasteiger partial charge is 0.279 e. The van der Waals surface area contributed by atoms with Gasteiger partial charge in [-0.3, -0.25) is 0 Å². The third kappa shape index (κ3) is 3.02. The summed E-state index contributed by atoms with van der Waals surface area (Å²) < 4.78 is 32.8. The molecule has 1 saturated heterocycles. The van der Waals surface area contributed by atoms with E-state index in [-0.39, 0.29) is 0 Å². The van der Waals surface area contributed by atoms with Gasteiger partial charge in [-0.15, -0.1) is 11.3 Å². The van der Waals surface area contributed by atoms with E-state index in [9.17, 15) is 8.42 Å². The van der Waals surface area contributed by atoms with Crippen molar-refractivity contribution in [2.45, 2.75) is 6.54 Å². The molecule has 5 nitrogen and oxygen atoms in total. The molecule has 7 heteroatoms. The van der Waals surface area contributed by atoms with Crippen LogP contribution in [0, 0.1) is 0 Å². The summed E-state index contributed by atoms with van der Waals surface area (Å²) in [5.74, 6) is 0. The molecular formula is C9H14N2O3S2. The second-order valence-electron chi connectivity index (χ2n) is 3.42. The van der Waals surface area contributed by atoms with Gasteiger partial charge in [0.05, 0.1) is 13.2 Å². The summed E-state index contributed by atoms with van der Waals surface area (Å²) in [4.78, 5) is 1.01. The SMILES string of the molecule is O=S(=O)(NCc1cccs1)N1CCOCC1. The maximum atomic E-state index is 11.8. The van der Waals surface area contributed by atoms with Gasteiger partial charge in [0.25, 0.3) is 10.2 Å². The van der Waals surface area contributed by atoms with Gasteiger partial charge in [0.2, 0.25) is 0 Å². The molecule has 0 bridgehead atoms. The quantitative estimate of drug-likeness (QED) is 0.855. The summed E-state index contributed by atoms with van der Waals surface area (Å²) in [6.45, 7) is 2.16. The van der Waals surface area contributed by atoms with E-state index in [1.54, 1.807) is 11.3 Å². The highest BCUT2D eigenvalue weighted by Gasteiger charge is 2.23. The van der Waals surface area contributed by atoms with Crippen molar-refractivity contribution in [1.82, 2.24) is 9.03 Å². The number of hydrogen-bond donors (Lipinski definition) is 1. The molecule has 90 valence electrons. The molecule has 1 N–H and O–H groups in total. The lowest BCUT2D eigenvalue weighted by Crippen LogP contribution is -2.46. The van der Waals surface area contributed by atoms with E-state index in [1.807, 2.05) is 17.5 Å². The van der Waals surface area contributed by atoms with E-state index in [1.165, 1.54) is 4.31 Å². The number of nitrogens with zero attached hydrogens (tertiary/aromatic N) is 1. The third-order valence-electron chi connectivity index (χ3n) is 2.32. The molecule has 0 atom stereocenters. The van der Waals surface area contributed by atoms with Crippen molar-refractivity contribution in [3.05, 3.63) is 22.4 Å². The number of ether oxygens (including phenoxy) is 1. The Morgan fingerprint density at radius 2 is 2.19 bits per heavy atom. The first-order valence-electron chi connectivity index (χ1n) is 5.03. The lowest BCUT2D eigenvalue weighted by molar-refractivity contribution is 0.0725.